The number of benzene rings is 2. The van der Waals surface area contributed by atoms with E-state index in [0.29, 0.717) is 11.5 Å². The monoisotopic (exact) mass is 357 g/mol. The van der Waals surface area contributed by atoms with Crippen molar-refractivity contribution in [2.24, 2.45) is 0 Å². The van der Waals surface area contributed by atoms with Crippen LogP contribution in [-0.2, 0) is 0 Å². The Balaban J connectivity index is 1.74. The minimum Gasteiger partial charge on any atom is -0.489 e. The second-order valence-electron chi connectivity index (χ2n) is 6.21. The molecule has 0 saturated heterocycles. The van der Waals surface area contributed by atoms with Gasteiger partial charge in [0.05, 0.1) is 22.5 Å². The Morgan fingerprint density at radius 1 is 1.31 bits per heavy atom. The van der Waals surface area contributed by atoms with Crippen molar-refractivity contribution in [2.45, 2.75) is 18.9 Å². The summed E-state index contributed by atoms with van der Waals surface area (Å²) in [5, 5.41) is 19.7. The summed E-state index contributed by atoms with van der Waals surface area (Å²) in [6.45, 7) is 1.76. The molecule has 0 saturated carbocycles. The van der Waals surface area contributed by atoms with Gasteiger partial charge in [0.2, 0.25) is 0 Å². The number of non-ortho nitro benzene ring substituents is 1. The Morgan fingerprint density at radius 3 is 2.62 bits per heavy atom. The minimum atomic E-state index is -1.12. The molecule has 0 aliphatic carbocycles. The second kappa shape index (κ2) is 6.47. The first-order valence-corrected chi connectivity index (χ1v) is 7.74. The number of nitrogens with zero attached hydrogens (tertiary/aromatic N) is 1. The van der Waals surface area contributed by atoms with E-state index in [2.05, 4.69) is 0 Å². The number of fused-ring (bicyclic) bond motifs is 1. The second-order valence-corrected chi connectivity index (χ2v) is 6.21. The fourth-order valence-electron chi connectivity index (χ4n) is 2.69. The van der Waals surface area contributed by atoms with Crippen LogP contribution < -0.4 is 9.47 Å². The van der Waals surface area contributed by atoms with E-state index in [1.165, 1.54) is 42.5 Å². The zero-order valence-corrected chi connectivity index (χ0v) is 13.8. The highest BCUT2D eigenvalue weighted by molar-refractivity contribution is 6.02. The lowest BCUT2D eigenvalue weighted by atomic mass is 9.91. The number of ketones is 1. The third-order valence-corrected chi connectivity index (χ3v) is 4.01. The number of hydrogen-bond donors (Lipinski definition) is 1. The summed E-state index contributed by atoms with van der Waals surface area (Å²) in [4.78, 5) is 33.6. The SMILES string of the molecule is CC1(COc2ccc([N+](=O)[O-])cc2)CC(=O)c2cc(C(=O)O)ccc2O1. The Morgan fingerprint density at radius 2 is 2.00 bits per heavy atom. The molecule has 26 heavy (non-hydrogen) atoms. The molecule has 0 radical (unpaired) electrons. The predicted octanol–water partition coefficient (Wildman–Crippen LogP) is 3.10. The standard InChI is InChI=1S/C18H15NO7/c1-18(10-25-13-5-3-12(4-6-13)19(23)24)9-15(20)14-8-11(17(21)22)2-7-16(14)26-18/h2-8H,9-10H2,1H3,(H,21,22). The first-order chi connectivity index (χ1) is 12.3. The van der Waals surface area contributed by atoms with Crippen LogP contribution in [0.1, 0.15) is 34.1 Å². The van der Waals surface area contributed by atoms with Gasteiger partial charge < -0.3 is 14.6 Å². The molecular formula is C18H15NO7. The van der Waals surface area contributed by atoms with E-state index in [0.717, 1.165) is 0 Å². The highest BCUT2D eigenvalue weighted by Crippen LogP contribution is 2.34. The summed E-state index contributed by atoms with van der Waals surface area (Å²) in [5.41, 5.74) is -0.726. The van der Waals surface area contributed by atoms with Gasteiger partial charge in [-0.1, -0.05) is 0 Å². The molecule has 1 atom stereocenters. The van der Waals surface area contributed by atoms with Crippen molar-refractivity contribution in [3.8, 4) is 11.5 Å². The number of carboxylic acids is 1. The number of nitro groups is 1. The Bertz CT molecular complexity index is 891. The van der Waals surface area contributed by atoms with Crippen LogP contribution in [0.5, 0.6) is 11.5 Å². The normalized spacial score (nSPS) is 18.6. The molecule has 3 rings (SSSR count). The van der Waals surface area contributed by atoms with Crippen LogP contribution in [0.15, 0.2) is 42.5 Å². The predicted molar refractivity (Wildman–Crippen MR) is 90.0 cm³/mol. The number of Topliss-reactive ketones (excluding diaryl/α,β-unsaturated/α-hetero) is 1. The molecule has 0 fully saturated rings. The maximum absolute atomic E-state index is 12.4. The maximum Gasteiger partial charge on any atom is 0.335 e. The number of carboxylic acid groups (broad SMARTS) is 1. The van der Waals surface area contributed by atoms with Crippen LogP contribution in [0.4, 0.5) is 5.69 Å². The molecule has 1 N–H and O–H groups in total. The number of carbonyl (C=O) groups excluding carboxylic acids is 1. The third-order valence-electron chi connectivity index (χ3n) is 4.01. The lowest BCUT2D eigenvalue weighted by Gasteiger charge is -2.34. The Kier molecular flexibility index (Phi) is 4.33. The first kappa shape index (κ1) is 17.4. The number of rotatable bonds is 5. The number of ether oxygens (including phenoxy) is 2. The van der Waals surface area contributed by atoms with Crippen molar-refractivity contribution in [3.63, 3.8) is 0 Å². The van der Waals surface area contributed by atoms with E-state index in [4.69, 9.17) is 14.6 Å². The molecule has 0 bridgehead atoms. The van der Waals surface area contributed by atoms with E-state index in [1.807, 2.05) is 0 Å². The molecule has 1 heterocycles. The van der Waals surface area contributed by atoms with Gasteiger partial charge in [0, 0.05) is 12.1 Å². The maximum atomic E-state index is 12.4. The van der Waals surface area contributed by atoms with Gasteiger partial charge in [-0.15, -0.1) is 0 Å². The van der Waals surface area contributed by atoms with E-state index in [9.17, 15) is 19.7 Å². The van der Waals surface area contributed by atoms with Gasteiger partial charge in [0.15, 0.2) is 5.78 Å². The summed E-state index contributed by atoms with van der Waals surface area (Å²) in [6.07, 6.45) is 0.0239. The molecule has 134 valence electrons. The number of aromatic carboxylic acids is 1. The topological polar surface area (TPSA) is 116 Å². The molecule has 0 aromatic heterocycles. The average molecular weight is 357 g/mol. The largest absolute Gasteiger partial charge is 0.489 e. The van der Waals surface area contributed by atoms with E-state index < -0.39 is 16.5 Å². The van der Waals surface area contributed by atoms with Crippen molar-refractivity contribution < 1.29 is 29.1 Å². The molecule has 1 unspecified atom stereocenters. The molecule has 1 aliphatic heterocycles. The molecular weight excluding hydrogens is 342 g/mol. The minimum absolute atomic E-state index is 0.0198. The highest BCUT2D eigenvalue weighted by Gasteiger charge is 2.37. The van der Waals surface area contributed by atoms with Crippen LogP contribution in [0.25, 0.3) is 0 Å². The first-order valence-electron chi connectivity index (χ1n) is 7.74. The molecule has 1 aliphatic rings. The van der Waals surface area contributed by atoms with Crippen LogP contribution in [0.2, 0.25) is 0 Å². The van der Waals surface area contributed by atoms with Gasteiger partial charge in [0.1, 0.15) is 23.7 Å². The molecule has 0 spiro atoms. The summed E-state index contributed by atoms with van der Waals surface area (Å²) >= 11 is 0. The lowest BCUT2D eigenvalue weighted by Crippen LogP contribution is -2.44. The lowest BCUT2D eigenvalue weighted by molar-refractivity contribution is -0.384. The number of nitro benzene ring substituents is 1. The molecule has 8 heteroatoms. The van der Waals surface area contributed by atoms with Gasteiger partial charge >= 0.3 is 5.97 Å². The quantitative estimate of drug-likeness (QED) is 0.645. The summed E-state index contributed by atoms with van der Waals surface area (Å²) in [6, 6.07) is 9.73. The van der Waals surface area contributed by atoms with Crippen LogP contribution in [0.3, 0.4) is 0 Å². The Labute approximate surface area is 148 Å². The van der Waals surface area contributed by atoms with Gasteiger partial charge in [-0.05, 0) is 37.3 Å². The van der Waals surface area contributed by atoms with Gasteiger partial charge in [-0.3, -0.25) is 14.9 Å². The van der Waals surface area contributed by atoms with Crippen LogP contribution in [0, 0.1) is 10.1 Å². The van der Waals surface area contributed by atoms with Crippen molar-refractivity contribution >= 4 is 17.4 Å². The molecule has 2 aromatic rings. The summed E-state index contributed by atoms with van der Waals surface area (Å²) in [7, 11) is 0. The zero-order valence-electron chi connectivity index (χ0n) is 13.8. The Hall–Kier alpha value is -3.42. The van der Waals surface area contributed by atoms with E-state index in [-0.39, 0.29) is 35.6 Å². The van der Waals surface area contributed by atoms with Gasteiger partial charge in [0.25, 0.3) is 5.69 Å². The summed E-state index contributed by atoms with van der Waals surface area (Å²) < 4.78 is 11.5. The number of hydrogen-bond acceptors (Lipinski definition) is 6. The van der Waals surface area contributed by atoms with Crippen molar-refractivity contribution in [2.75, 3.05) is 6.61 Å². The van der Waals surface area contributed by atoms with Crippen LogP contribution in [-0.4, -0.2) is 34.0 Å². The van der Waals surface area contributed by atoms with Gasteiger partial charge in [-0.2, -0.15) is 0 Å². The molecule has 0 amide bonds. The third kappa shape index (κ3) is 3.49. The van der Waals surface area contributed by atoms with Crippen molar-refractivity contribution in [1.29, 1.82) is 0 Å². The van der Waals surface area contributed by atoms with Crippen molar-refractivity contribution in [3.05, 3.63) is 63.7 Å². The van der Waals surface area contributed by atoms with E-state index in [1.54, 1.807) is 6.92 Å². The fraction of sp³-hybridized carbons (Fsp3) is 0.222. The van der Waals surface area contributed by atoms with Crippen molar-refractivity contribution in [1.82, 2.24) is 0 Å². The van der Waals surface area contributed by atoms with Crippen LogP contribution >= 0.6 is 0 Å². The number of carbonyl (C=O) groups is 2. The molecule has 8 nitrogen and oxygen atoms in total. The average Bonchev–Trinajstić information content (AvgIpc) is 2.60. The van der Waals surface area contributed by atoms with E-state index >= 15 is 0 Å². The smallest absolute Gasteiger partial charge is 0.335 e. The van der Waals surface area contributed by atoms with Gasteiger partial charge in [-0.25, -0.2) is 4.79 Å². The fourth-order valence-corrected chi connectivity index (χ4v) is 2.69. The highest BCUT2D eigenvalue weighted by atomic mass is 16.6. The molecule has 2 aromatic carbocycles. The summed E-state index contributed by atoms with van der Waals surface area (Å²) in [5.74, 6) is -0.625. The zero-order chi connectivity index (χ0) is 18.9.